The number of hydrogen-bond donors (Lipinski definition) is 1. The topological polar surface area (TPSA) is 29.1 Å². The Labute approximate surface area is 145 Å². The molecule has 0 fully saturated rings. The molecule has 0 spiro atoms. The SMILES string of the molecule is O=C(Nc1ccc([SH2+])cc1)c1ccc2c(ccc3ccccc32)c1. The third-order valence-electron chi connectivity index (χ3n) is 4.15. The fourth-order valence-electron chi connectivity index (χ4n) is 2.91. The summed E-state index contributed by atoms with van der Waals surface area (Å²) in [6.45, 7) is 0. The van der Waals surface area contributed by atoms with Gasteiger partial charge in [0.1, 0.15) is 4.90 Å². The van der Waals surface area contributed by atoms with E-state index in [1.807, 2.05) is 54.6 Å². The quantitative estimate of drug-likeness (QED) is 0.422. The molecule has 4 aromatic rings. The summed E-state index contributed by atoms with van der Waals surface area (Å²) in [6, 6.07) is 25.8. The Morgan fingerprint density at radius 1 is 0.750 bits per heavy atom. The third kappa shape index (κ3) is 2.74. The first-order valence-electron chi connectivity index (χ1n) is 7.75. The van der Waals surface area contributed by atoms with Gasteiger partial charge in [-0.2, -0.15) is 0 Å². The first kappa shape index (κ1) is 14.8. The van der Waals surface area contributed by atoms with Crippen LogP contribution in [0.2, 0.25) is 0 Å². The zero-order chi connectivity index (χ0) is 16.5. The van der Waals surface area contributed by atoms with Crippen molar-refractivity contribution in [3.05, 3.63) is 84.4 Å². The van der Waals surface area contributed by atoms with Gasteiger partial charge in [0.15, 0.2) is 0 Å². The second-order valence-electron chi connectivity index (χ2n) is 5.75. The van der Waals surface area contributed by atoms with Crippen molar-refractivity contribution >= 4 is 45.8 Å². The first-order chi connectivity index (χ1) is 11.7. The van der Waals surface area contributed by atoms with Crippen molar-refractivity contribution < 1.29 is 4.79 Å². The number of amides is 1. The summed E-state index contributed by atoms with van der Waals surface area (Å²) in [4.78, 5) is 13.5. The largest absolute Gasteiger partial charge is 0.322 e. The highest BCUT2D eigenvalue weighted by atomic mass is 32.1. The zero-order valence-corrected chi connectivity index (χ0v) is 13.9. The Kier molecular flexibility index (Phi) is 3.71. The van der Waals surface area contributed by atoms with E-state index in [9.17, 15) is 4.79 Å². The molecule has 4 aromatic carbocycles. The van der Waals surface area contributed by atoms with Crippen molar-refractivity contribution in [1.82, 2.24) is 0 Å². The molecule has 116 valence electrons. The molecule has 0 bridgehead atoms. The van der Waals surface area contributed by atoms with Gasteiger partial charge in [-0.15, -0.1) is 0 Å². The summed E-state index contributed by atoms with van der Waals surface area (Å²) in [5, 5.41) is 7.56. The van der Waals surface area contributed by atoms with Crippen molar-refractivity contribution in [2.24, 2.45) is 0 Å². The van der Waals surface area contributed by atoms with Crippen molar-refractivity contribution in [1.29, 1.82) is 0 Å². The minimum absolute atomic E-state index is 0.105. The predicted octanol–water partition coefficient (Wildman–Crippen LogP) is 4.62. The molecule has 1 amide bonds. The minimum atomic E-state index is -0.105. The Morgan fingerprint density at radius 2 is 1.46 bits per heavy atom. The fraction of sp³-hybridized carbons (Fsp3) is 0. The molecule has 0 aliphatic carbocycles. The van der Waals surface area contributed by atoms with Gasteiger partial charge in [-0.25, -0.2) is 0 Å². The van der Waals surface area contributed by atoms with E-state index in [2.05, 4.69) is 42.2 Å². The van der Waals surface area contributed by atoms with Gasteiger partial charge in [-0.3, -0.25) is 4.79 Å². The van der Waals surface area contributed by atoms with Gasteiger partial charge in [0.25, 0.3) is 5.91 Å². The Morgan fingerprint density at radius 3 is 2.29 bits per heavy atom. The van der Waals surface area contributed by atoms with Gasteiger partial charge >= 0.3 is 0 Å². The van der Waals surface area contributed by atoms with Crippen LogP contribution >= 0.6 is 0 Å². The molecule has 0 saturated heterocycles. The Bertz CT molecular complexity index is 1050. The number of rotatable bonds is 2. The van der Waals surface area contributed by atoms with Crippen molar-refractivity contribution in [2.45, 2.75) is 4.90 Å². The molecule has 0 heterocycles. The molecule has 4 rings (SSSR count). The van der Waals surface area contributed by atoms with E-state index in [0.717, 1.165) is 21.4 Å². The lowest BCUT2D eigenvalue weighted by Gasteiger charge is -2.08. The summed E-state index contributed by atoms with van der Waals surface area (Å²) >= 11 is 3.44. The van der Waals surface area contributed by atoms with Gasteiger partial charge in [0, 0.05) is 11.3 Å². The summed E-state index contributed by atoms with van der Waals surface area (Å²) in [7, 11) is 0. The number of carbonyl (C=O) groups excluding carboxylic acids is 1. The van der Waals surface area contributed by atoms with E-state index < -0.39 is 0 Å². The van der Waals surface area contributed by atoms with Crippen LogP contribution in [0.5, 0.6) is 0 Å². The number of carbonyl (C=O) groups is 1. The standard InChI is InChI=1S/C21H15NOS/c23-21(22-17-8-10-18(24)11-9-17)16-7-12-20-15(13-16)6-5-14-3-1-2-4-19(14)20/h1-13,24H,(H,22,23)/p+1. The molecule has 0 aliphatic heterocycles. The van der Waals surface area contributed by atoms with Crippen LogP contribution in [0, 0.1) is 0 Å². The summed E-state index contributed by atoms with van der Waals surface area (Å²) in [5.41, 5.74) is 1.43. The van der Waals surface area contributed by atoms with Gasteiger partial charge < -0.3 is 5.32 Å². The molecule has 0 saturated carbocycles. The maximum absolute atomic E-state index is 12.5. The first-order valence-corrected chi connectivity index (χ1v) is 8.25. The minimum Gasteiger partial charge on any atom is -0.322 e. The normalized spacial score (nSPS) is 10.9. The van der Waals surface area contributed by atoms with Crippen LogP contribution in [0.1, 0.15) is 10.4 Å². The number of fused-ring (bicyclic) bond motifs is 3. The lowest BCUT2D eigenvalue weighted by Crippen LogP contribution is -2.11. The van der Waals surface area contributed by atoms with Gasteiger partial charge in [-0.05, 0) is 70.6 Å². The van der Waals surface area contributed by atoms with Crippen molar-refractivity contribution in [2.75, 3.05) is 5.32 Å². The van der Waals surface area contributed by atoms with Crippen LogP contribution in [-0.2, 0) is 12.6 Å². The smallest absolute Gasteiger partial charge is 0.255 e. The second-order valence-corrected chi connectivity index (χ2v) is 6.33. The number of benzene rings is 4. The molecule has 24 heavy (non-hydrogen) atoms. The van der Waals surface area contributed by atoms with Gasteiger partial charge in [0.05, 0.1) is 0 Å². The third-order valence-corrected chi connectivity index (χ3v) is 4.48. The van der Waals surface area contributed by atoms with Crippen molar-refractivity contribution in [3.8, 4) is 0 Å². The summed E-state index contributed by atoms with van der Waals surface area (Å²) in [5.74, 6) is -0.105. The highest BCUT2D eigenvalue weighted by molar-refractivity contribution is 7.58. The Balaban J connectivity index is 1.70. The van der Waals surface area contributed by atoms with E-state index in [0.29, 0.717) is 5.56 Å². The molecule has 1 N–H and O–H groups in total. The van der Waals surface area contributed by atoms with Crippen LogP contribution in [0.4, 0.5) is 5.69 Å². The highest BCUT2D eigenvalue weighted by Gasteiger charge is 2.08. The summed E-state index contributed by atoms with van der Waals surface area (Å²) < 4.78 is 0. The highest BCUT2D eigenvalue weighted by Crippen LogP contribution is 2.26. The maximum Gasteiger partial charge on any atom is 0.255 e. The fourth-order valence-corrected chi connectivity index (χ4v) is 3.08. The van der Waals surface area contributed by atoms with Crippen LogP contribution < -0.4 is 5.32 Å². The lowest BCUT2D eigenvalue weighted by atomic mass is 10.00. The average molecular weight is 330 g/mol. The van der Waals surface area contributed by atoms with Gasteiger partial charge in [-0.1, -0.05) is 42.5 Å². The average Bonchev–Trinajstić information content (AvgIpc) is 2.63. The molecule has 2 nitrogen and oxygen atoms in total. The zero-order valence-electron chi connectivity index (χ0n) is 12.9. The number of anilines is 1. The van der Waals surface area contributed by atoms with E-state index in [-0.39, 0.29) is 5.91 Å². The number of nitrogens with one attached hydrogen (secondary N) is 1. The summed E-state index contributed by atoms with van der Waals surface area (Å²) in [6.07, 6.45) is 0. The van der Waals surface area contributed by atoms with E-state index >= 15 is 0 Å². The Hall–Kier alpha value is -2.78. The molecule has 0 atom stereocenters. The molecule has 0 unspecified atom stereocenters. The maximum atomic E-state index is 12.5. The molecule has 0 aliphatic rings. The van der Waals surface area contributed by atoms with Crippen LogP contribution in [0.15, 0.2) is 83.8 Å². The molecular formula is C21H16NOS+. The van der Waals surface area contributed by atoms with Gasteiger partial charge in [0.2, 0.25) is 0 Å². The van der Waals surface area contributed by atoms with Crippen LogP contribution in [0.3, 0.4) is 0 Å². The van der Waals surface area contributed by atoms with Crippen LogP contribution in [-0.4, -0.2) is 5.91 Å². The monoisotopic (exact) mass is 330 g/mol. The molecule has 0 aromatic heterocycles. The molecule has 0 radical (unpaired) electrons. The van der Waals surface area contributed by atoms with E-state index in [1.165, 1.54) is 10.8 Å². The predicted molar refractivity (Wildman–Crippen MR) is 104 cm³/mol. The van der Waals surface area contributed by atoms with Crippen LogP contribution in [0.25, 0.3) is 21.5 Å². The number of hydrogen-bond acceptors (Lipinski definition) is 1. The van der Waals surface area contributed by atoms with E-state index in [1.54, 1.807) is 0 Å². The lowest BCUT2D eigenvalue weighted by molar-refractivity contribution is 0.102. The van der Waals surface area contributed by atoms with Crippen molar-refractivity contribution in [3.63, 3.8) is 0 Å². The van der Waals surface area contributed by atoms with E-state index in [4.69, 9.17) is 0 Å². The second kappa shape index (κ2) is 6.02. The molecule has 3 heteroatoms. The molecular weight excluding hydrogens is 314 g/mol.